The van der Waals surface area contributed by atoms with Gasteiger partial charge in [0.25, 0.3) is 5.91 Å². The molecule has 0 atom stereocenters. The smallest absolute Gasteiger partial charge is 0.287 e. The number of amides is 1. The molecular formula is C15H18N2O2. The fourth-order valence-corrected chi connectivity index (χ4v) is 2.44. The summed E-state index contributed by atoms with van der Waals surface area (Å²) in [5.74, 6) is 0.762. The van der Waals surface area contributed by atoms with Crippen molar-refractivity contribution in [1.82, 2.24) is 5.32 Å². The molecular weight excluding hydrogens is 240 g/mol. The average molecular weight is 258 g/mol. The number of nitrogens with one attached hydrogen (secondary N) is 1. The molecule has 19 heavy (non-hydrogen) atoms. The predicted octanol–water partition coefficient (Wildman–Crippen LogP) is 2.93. The summed E-state index contributed by atoms with van der Waals surface area (Å²) in [5.41, 5.74) is 6.89. The summed E-state index contributed by atoms with van der Waals surface area (Å²) in [6, 6.07) is 7.10. The second-order valence-corrected chi connectivity index (χ2v) is 5.86. The number of nitrogens with two attached hydrogens (primary N) is 1. The van der Waals surface area contributed by atoms with E-state index in [1.807, 2.05) is 6.07 Å². The van der Waals surface area contributed by atoms with Gasteiger partial charge in [0.1, 0.15) is 5.58 Å². The molecule has 1 fully saturated rings. The summed E-state index contributed by atoms with van der Waals surface area (Å²) in [6.45, 7) is 4.12. The maximum Gasteiger partial charge on any atom is 0.287 e. The predicted molar refractivity (Wildman–Crippen MR) is 74.9 cm³/mol. The van der Waals surface area contributed by atoms with Crippen LogP contribution in [0.1, 0.15) is 37.2 Å². The van der Waals surface area contributed by atoms with Gasteiger partial charge in [-0.15, -0.1) is 0 Å². The van der Waals surface area contributed by atoms with Gasteiger partial charge in [-0.25, -0.2) is 0 Å². The van der Waals surface area contributed by atoms with E-state index >= 15 is 0 Å². The van der Waals surface area contributed by atoms with Crippen molar-refractivity contribution in [3.63, 3.8) is 0 Å². The molecule has 0 saturated heterocycles. The summed E-state index contributed by atoms with van der Waals surface area (Å²) < 4.78 is 5.56. The van der Waals surface area contributed by atoms with Gasteiger partial charge in [-0.2, -0.15) is 0 Å². The fraction of sp³-hybridized carbons (Fsp3) is 0.400. The third-order valence-electron chi connectivity index (χ3n) is 3.80. The zero-order valence-electron chi connectivity index (χ0n) is 11.2. The number of furan rings is 1. The number of fused-ring (bicyclic) bond motifs is 1. The van der Waals surface area contributed by atoms with Gasteiger partial charge < -0.3 is 15.5 Å². The fourth-order valence-electron chi connectivity index (χ4n) is 2.44. The third kappa shape index (κ3) is 2.30. The largest absolute Gasteiger partial charge is 0.451 e. The Morgan fingerprint density at radius 3 is 2.79 bits per heavy atom. The van der Waals surface area contributed by atoms with Crippen LogP contribution < -0.4 is 11.1 Å². The Hall–Kier alpha value is -1.97. The molecule has 2 aromatic rings. The van der Waals surface area contributed by atoms with Crippen molar-refractivity contribution in [3.8, 4) is 0 Å². The van der Waals surface area contributed by atoms with Crippen molar-refractivity contribution in [3.05, 3.63) is 30.0 Å². The Balaban J connectivity index is 1.85. The maximum atomic E-state index is 12.2. The summed E-state index contributed by atoms with van der Waals surface area (Å²) in [4.78, 5) is 12.2. The molecule has 1 aromatic heterocycles. The van der Waals surface area contributed by atoms with E-state index in [0.717, 1.165) is 5.39 Å². The second kappa shape index (κ2) is 4.02. The highest BCUT2D eigenvalue weighted by atomic mass is 16.3. The number of rotatable bonds is 3. The first-order valence-corrected chi connectivity index (χ1v) is 6.57. The monoisotopic (exact) mass is 258 g/mol. The minimum Gasteiger partial charge on any atom is -0.451 e. The van der Waals surface area contributed by atoms with E-state index in [1.165, 1.54) is 12.8 Å². The molecule has 0 radical (unpaired) electrons. The topological polar surface area (TPSA) is 68.3 Å². The van der Waals surface area contributed by atoms with Gasteiger partial charge in [-0.05, 0) is 56.9 Å². The van der Waals surface area contributed by atoms with Gasteiger partial charge in [0, 0.05) is 16.6 Å². The lowest BCUT2D eigenvalue weighted by Gasteiger charge is -2.25. The summed E-state index contributed by atoms with van der Waals surface area (Å²) in [6.07, 6.45) is 2.37. The van der Waals surface area contributed by atoms with Gasteiger partial charge in [0.2, 0.25) is 0 Å². The van der Waals surface area contributed by atoms with E-state index in [2.05, 4.69) is 19.2 Å². The van der Waals surface area contributed by atoms with Crippen molar-refractivity contribution >= 4 is 22.6 Å². The van der Waals surface area contributed by atoms with Crippen molar-refractivity contribution < 1.29 is 9.21 Å². The maximum absolute atomic E-state index is 12.2. The third-order valence-corrected chi connectivity index (χ3v) is 3.80. The Labute approximate surface area is 112 Å². The molecule has 3 N–H and O–H groups in total. The van der Waals surface area contributed by atoms with E-state index in [0.29, 0.717) is 22.9 Å². The number of hydrogen-bond acceptors (Lipinski definition) is 3. The van der Waals surface area contributed by atoms with Crippen LogP contribution >= 0.6 is 0 Å². The van der Waals surface area contributed by atoms with Gasteiger partial charge in [-0.1, -0.05) is 0 Å². The van der Waals surface area contributed by atoms with Crippen molar-refractivity contribution in [2.45, 2.75) is 32.2 Å². The van der Waals surface area contributed by atoms with E-state index < -0.39 is 0 Å². The molecule has 0 bridgehead atoms. The average Bonchev–Trinajstić information content (AvgIpc) is 3.10. The van der Waals surface area contributed by atoms with Crippen LogP contribution in [0.3, 0.4) is 0 Å². The van der Waals surface area contributed by atoms with Crippen LogP contribution in [0.25, 0.3) is 11.0 Å². The number of nitrogen functional groups attached to an aromatic ring is 1. The Morgan fingerprint density at radius 1 is 1.37 bits per heavy atom. The molecule has 4 heteroatoms. The normalized spacial score (nSPS) is 15.7. The second-order valence-electron chi connectivity index (χ2n) is 5.86. The molecule has 1 amide bonds. The minimum absolute atomic E-state index is 0.160. The molecule has 0 aliphatic heterocycles. The Bertz CT molecular complexity index is 639. The lowest BCUT2D eigenvalue weighted by molar-refractivity contribution is 0.0877. The van der Waals surface area contributed by atoms with Crippen LogP contribution in [-0.2, 0) is 0 Å². The minimum atomic E-state index is -0.172. The van der Waals surface area contributed by atoms with Crippen LogP contribution in [0.5, 0.6) is 0 Å². The Morgan fingerprint density at radius 2 is 2.11 bits per heavy atom. The van der Waals surface area contributed by atoms with Gasteiger partial charge in [0.15, 0.2) is 5.76 Å². The van der Waals surface area contributed by atoms with Gasteiger partial charge in [-0.3, -0.25) is 4.79 Å². The molecule has 4 nitrogen and oxygen atoms in total. The molecule has 1 aliphatic rings. The van der Waals surface area contributed by atoms with Crippen LogP contribution in [0.15, 0.2) is 28.7 Å². The highest BCUT2D eigenvalue weighted by Gasteiger charge is 2.39. The molecule has 100 valence electrons. The first-order valence-electron chi connectivity index (χ1n) is 6.57. The summed E-state index contributed by atoms with van der Waals surface area (Å²) in [7, 11) is 0. The van der Waals surface area contributed by atoms with E-state index in [1.54, 1.807) is 18.2 Å². The van der Waals surface area contributed by atoms with Gasteiger partial charge >= 0.3 is 0 Å². The van der Waals surface area contributed by atoms with Crippen LogP contribution in [0.4, 0.5) is 5.69 Å². The van der Waals surface area contributed by atoms with Crippen molar-refractivity contribution in [2.75, 3.05) is 5.73 Å². The number of hydrogen-bond donors (Lipinski definition) is 2. The zero-order chi connectivity index (χ0) is 13.6. The lowest BCUT2D eigenvalue weighted by atomic mass is 9.98. The van der Waals surface area contributed by atoms with E-state index in [9.17, 15) is 4.79 Å². The molecule has 1 aromatic carbocycles. The first kappa shape index (κ1) is 12.1. The van der Waals surface area contributed by atoms with Gasteiger partial charge in [0.05, 0.1) is 0 Å². The highest BCUT2D eigenvalue weighted by molar-refractivity contribution is 5.97. The van der Waals surface area contributed by atoms with Crippen LogP contribution in [0.2, 0.25) is 0 Å². The van der Waals surface area contributed by atoms with Crippen LogP contribution in [-0.4, -0.2) is 11.4 Å². The number of carbonyl (C=O) groups excluding carboxylic acids is 1. The summed E-state index contributed by atoms with van der Waals surface area (Å²) in [5, 5.41) is 3.90. The number of anilines is 1. The highest BCUT2D eigenvalue weighted by Crippen LogP contribution is 2.39. The molecule has 1 saturated carbocycles. The molecule has 1 aliphatic carbocycles. The first-order chi connectivity index (χ1) is 8.95. The van der Waals surface area contributed by atoms with E-state index in [-0.39, 0.29) is 11.4 Å². The quantitative estimate of drug-likeness (QED) is 0.832. The van der Waals surface area contributed by atoms with E-state index in [4.69, 9.17) is 10.2 Å². The van der Waals surface area contributed by atoms with Crippen LogP contribution in [0, 0.1) is 5.92 Å². The van der Waals surface area contributed by atoms with Crippen molar-refractivity contribution in [2.24, 2.45) is 5.92 Å². The molecule has 0 unspecified atom stereocenters. The molecule has 3 rings (SSSR count). The van der Waals surface area contributed by atoms with Crippen molar-refractivity contribution in [1.29, 1.82) is 0 Å². The molecule has 0 spiro atoms. The zero-order valence-corrected chi connectivity index (χ0v) is 11.2. The lowest BCUT2D eigenvalue weighted by Crippen LogP contribution is -2.45. The standard InChI is InChI=1S/C15H18N2O2/c1-15(2,10-3-4-10)17-14(18)13-8-9-7-11(16)5-6-12(9)19-13/h5-8,10H,3-4,16H2,1-2H3,(H,17,18). The number of carbonyl (C=O) groups is 1. The number of benzene rings is 1. The SMILES string of the molecule is CC(C)(NC(=O)c1cc2cc(N)ccc2o1)C1CC1. The summed E-state index contributed by atoms with van der Waals surface area (Å²) >= 11 is 0. The Kier molecular flexibility index (Phi) is 2.55. The molecule has 1 heterocycles.